The van der Waals surface area contributed by atoms with Crippen molar-refractivity contribution >= 4 is 0 Å². The minimum Gasteiger partial charge on any atom is -0.371 e. The zero-order valence-corrected chi connectivity index (χ0v) is 23.2. The highest BCUT2D eigenvalue weighted by Crippen LogP contribution is 2.36. The second-order valence-corrected chi connectivity index (χ2v) is 10.7. The molecular weight excluding hydrogens is 640 g/mol. The number of benzene rings is 2. The van der Waals surface area contributed by atoms with Crippen LogP contribution < -0.4 is 0 Å². The van der Waals surface area contributed by atoms with Crippen molar-refractivity contribution in [3.8, 4) is 0 Å². The highest BCUT2D eigenvalue weighted by molar-refractivity contribution is 5.28. The van der Waals surface area contributed by atoms with Gasteiger partial charge in [-0.1, -0.05) is 24.3 Å². The van der Waals surface area contributed by atoms with Gasteiger partial charge in [0.25, 0.3) is 0 Å². The molecule has 2 aliphatic heterocycles. The summed E-state index contributed by atoms with van der Waals surface area (Å²) < 4.78 is 179. The van der Waals surface area contributed by atoms with Gasteiger partial charge in [-0.15, -0.1) is 0 Å². The molecule has 5 nitrogen and oxygen atoms in total. The number of rotatable bonds is 8. The highest BCUT2D eigenvalue weighted by atomic mass is 19.4. The number of hydrogen-bond donors (Lipinski definition) is 0. The van der Waals surface area contributed by atoms with Crippen molar-refractivity contribution in [3.63, 3.8) is 0 Å². The van der Waals surface area contributed by atoms with Crippen LogP contribution >= 0.6 is 0 Å². The van der Waals surface area contributed by atoms with Crippen LogP contribution in [0.15, 0.2) is 48.5 Å². The second-order valence-electron chi connectivity index (χ2n) is 10.7. The van der Waals surface area contributed by atoms with Gasteiger partial charge < -0.3 is 14.2 Å². The first-order chi connectivity index (χ1) is 20.8. The summed E-state index contributed by atoms with van der Waals surface area (Å²) in [6.45, 7) is -3.46. The number of hydrogen-bond acceptors (Lipinski definition) is 5. The van der Waals surface area contributed by atoms with Crippen molar-refractivity contribution in [1.29, 1.82) is 0 Å². The second kappa shape index (κ2) is 13.6. The van der Waals surface area contributed by atoms with Crippen molar-refractivity contribution in [2.45, 2.75) is 49.1 Å². The lowest BCUT2D eigenvalue weighted by Crippen LogP contribution is -2.53. The molecule has 2 aromatic carbocycles. The summed E-state index contributed by atoms with van der Waals surface area (Å²) in [6, 6.07) is 8.03. The van der Waals surface area contributed by atoms with Gasteiger partial charge in [-0.05, 0) is 35.4 Å². The third-order valence-corrected chi connectivity index (χ3v) is 7.38. The molecule has 4 atom stereocenters. The van der Waals surface area contributed by atoms with E-state index in [0.29, 0.717) is 0 Å². The topological polar surface area (TPSA) is 34.2 Å². The van der Waals surface area contributed by atoms with E-state index in [-0.39, 0.29) is 50.5 Å². The van der Waals surface area contributed by atoms with Crippen LogP contribution in [0.2, 0.25) is 0 Å². The molecule has 17 heteroatoms. The quantitative estimate of drug-likeness (QED) is 0.282. The Morgan fingerprint density at radius 3 is 1.33 bits per heavy atom. The summed E-state index contributed by atoms with van der Waals surface area (Å²) in [5.41, 5.74) is -1.92. The standard InChI is InChI=1S/C28H28F12N2O3/c29-25(30,31)19-5-1-3-17(11-19)21-13-41(7-9-43-21)15-23(27(35,36)37)45-24(28(38,39)40)16-42-8-10-44-22(14-42)18-4-2-6-20(12-18)26(32,33)34/h1-6,11-12,21-24H,7-10,13-16H2/t21-,22-,23+,24+/m1/s1. The van der Waals surface area contributed by atoms with E-state index in [9.17, 15) is 52.7 Å². The molecule has 0 saturated carbocycles. The maximum Gasteiger partial charge on any atom is 0.416 e. The van der Waals surface area contributed by atoms with E-state index in [0.717, 1.165) is 46.2 Å². The molecule has 0 amide bonds. The van der Waals surface area contributed by atoms with Crippen LogP contribution in [-0.2, 0) is 26.6 Å². The largest absolute Gasteiger partial charge is 0.416 e. The van der Waals surface area contributed by atoms with Gasteiger partial charge >= 0.3 is 24.7 Å². The van der Waals surface area contributed by atoms with Crippen LogP contribution in [0.25, 0.3) is 0 Å². The van der Waals surface area contributed by atoms with Gasteiger partial charge in [0.15, 0.2) is 12.2 Å². The number of nitrogens with zero attached hydrogens (tertiary/aromatic N) is 2. The lowest BCUT2D eigenvalue weighted by molar-refractivity contribution is -0.292. The van der Waals surface area contributed by atoms with Crippen LogP contribution in [0.4, 0.5) is 52.7 Å². The van der Waals surface area contributed by atoms with Crippen molar-refractivity contribution in [1.82, 2.24) is 9.80 Å². The summed E-state index contributed by atoms with van der Waals surface area (Å²) >= 11 is 0. The lowest BCUT2D eigenvalue weighted by Gasteiger charge is -2.39. The van der Waals surface area contributed by atoms with Gasteiger partial charge in [0, 0.05) is 39.3 Å². The fourth-order valence-corrected chi connectivity index (χ4v) is 5.09. The summed E-state index contributed by atoms with van der Waals surface area (Å²) in [4.78, 5) is 2.22. The van der Waals surface area contributed by atoms with E-state index in [1.54, 1.807) is 0 Å². The molecule has 0 N–H and O–H groups in total. The van der Waals surface area contributed by atoms with E-state index in [2.05, 4.69) is 4.74 Å². The van der Waals surface area contributed by atoms with Gasteiger partial charge in [-0.2, -0.15) is 52.7 Å². The molecular formula is C28H28F12N2O3. The van der Waals surface area contributed by atoms with Crippen LogP contribution in [0.1, 0.15) is 34.5 Å². The third-order valence-electron chi connectivity index (χ3n) is 7.38. The predicted octanol–water partition coefficient (Wildman–Crippen LogP) is 7.05. The van der Waals surface area contributed by atoms with Crippen molar-refractivity contribution in [2.24, 2.45) is 0 Å². The van der Waals surface area contributed by atoms with E-state index in [1.165, 1.54) is 12.1 Å². The van der Waals surface area contributed by atoms with Gasteiger partial charge in [0.05, 0.1) is 36.5 Å². The first kappa shape index (κ1) is 35.3. The summed E-state index contributed by atoms with van der Waals surface area (Å²) in [5, 5.41) is 0. The van der Waals surface area contributed by atoms with Crippen molar-refractivity contribution < 1.29 is 66.9 Å². The number of alkyl halides is 12. The number of morpholine rings is 2. The highest BCUT2D eigenvalue weighted by Gasteiger charge is 2.50. The Morgan fingerprint density at radius 1 is 0.622 bits per heavy atom. The molecule has 4 rings (SSSR count). The van der Waals surface area contributed by atoms with E-state index >= 15 is 0 Å². The fourth-order valence-electron chi connectivity index (χ4n) is 5.09. The predicted molar refractivity (Wildman–Crippen MR) is 134 cm³/mol. The smallest absolute Gasteiger partial charge is 0.371 e. The molecule has 2 aliphatic rings. The Balaban J connectivity index is 1.45. The van der Waals surface area contributed by atoms with Gasteiger partial charge in [-0.3, -0.25) is 9.80 Å². The maximum absolute atomic E-state index is 14.0. The van der Waals surface area contributed by atoms with Gasteiger partial charge in [0.2, 0.25) is 0 Å². The first-order valence-corrected chi connectivity index (χ1v) is 13.6. The normalized spacial score (nSPS) is 22.8. The molecule has 2 saturated heterocycles. The average molecular weight is 669 g/mol. The molecule has 252 valence electrons. The summed E-state index contributed by atoms with van der Waals surface area (Å²) in [6.07, 6.45) is -27.9. The zero-order chi connectivity index (χ0) is 33.2. The molecule has 2 fully saturated rings. The SMILES string of the molecule is FC(F)(F)c1cccc([C@H]2CN(C[C@H](O[C@@H](CN3CCO[C@@H](c4cccc(C(F)(F)F)c4)C3)C(F)(F)F)C(F)(F)F)CCO2)c1. The minimum absolute atomic E-state index is 0.0369. The molecule has 0 aliphatic carbocycles. The van der Waals surface area contributed by atoms with Crippen LogP contribution in [0.5, 0.6) is 0 Å². The van der Waals surface area contributed by atoms with Crippen molar-refractivity contribution in [3.05, 3.63) is 70.8 Å². The molecule has 0 spiro atoms. The molecule has 0 radical (unpaired) electrons. The molecule has 0 bridgehead atoms. The minimum atomic E-state index is -5.25. The average Bonchev–Trinajstić information content (AvgIpc) is 2.95. The van der Waals surface area contributed by atoms with Gasteiger partial charge in [0.1, 0.15) is 0 Å². The lowest BCUT2D eigenvalue weighted by atomic mass is 10.0. The maximum atomic E-state index is 14.0. The first-order valence-electron chi connectivity index (χ1n) is 13.6. The molecule has 45 heavy (non-hydrogen) atoms. The van der Waals surface area contributed by atoms with Crippen LogP contribution in [-0.4, -0.2) is 86.8 Å². The zero-order valence-electron chi connectivity index (χ0n) is 23.2. The number of halogens is 12. The Morgan fingerprint density at radius 2 is 1.00 bits per heavy atom. The summed E-state index contributed by atoms with van der Waals surface area (Å²) in [5.74, 6) is 0. The molecule has 2 heterocycles. The Bertz CT molecular complexity index is 1170. The van der Waals surface area contributed by atoms with E-state index < -0.39 is 73.3 Å². The Kier molecular flexibility index (Phi) is 10.7. The summed E-state index contributed by atoms with van der Waals surface area (Å²) in [7, 11) is 0. The number of ether oxygens (including phenoxy) is 3. The van der Waals surface area contributed by atoms with Crippen LogP contribution in [0.3, 0.4) is 0 Å². The molecule has 2 aromatic rings. The fraction of sp³-hybridized carbons (Fsp3) is 0.571. The van der Waals surface area contributed by atoms with E-state index in [1.807, 2.05) is 0 Å². The van der Waals surface area contributed by atoms with Crippen molar-refractivity contribution in [2.75, 3.05) is 52.5 Å². The molecule has 0 unspecified atom stereocenters. The van der Waals surface area contributed by atoms with E-state index in [4.69, 9.17) is 9.47 Å². The third kappa shape index (κ3) is 9.70. The Hall–Kier alpha value is -2.60. The molecule has 0 aromatic heterocycles. The monoisotopic (exact) mass is 668 g/mol. The Labute approximate surface area is 249 Å². The van der Waals surface area contributed by atoms with Gasteiger partial charge in [-0.25, -0.2) is 0 Å². The van der Waals surface area contributed by atoms with Crippen LogP contribution in [0, 0.1) is 0 Å².